The second kappa shape index (κ2) is 10.7. The molecule has 0 atom stereocenters. The number of carboxylic acid groups (broad SMARTS) is 2. The van der Waals surface area contributed by atoms with Gasteiger partial charge in [0.15, 0.2) is 0 Å². The Morgan fingerprint density at radius 3 is 2.25 bits per heavy atom. The zero-order valence-electron chi connectivity index (χ0n) is 18.7. The summed E-state index contributed by atoms with van der Waals surface area (Å²) in [5.74, 6) is -1.77. The van der Waals surface area contributed by atoms with Crippen molar-refractivity contribution in [3.63, 3.8) is 0 Å². The third kappa shape index (κ3) is 6.23. The van der Waals surface area contributed by atoms with Crippen molar-refractivity contribution < 1.29 is 42.4 Å². The van der Waals surface area contributed by atoms with Gasteiger partial charge < -0.3 is 30.0 Å². The number of hydrogen-bond acceptors (Lipinski definition) is 6. The first kappa shape index (κ1) is 25.9. The Hall–Kier alpha value is -4.74. The van der Waals surface area contributed by atoms with Crippen LogP contribution in [0.1, 0.15) is 15.9 Å². The average molecular weight is 503 g/mol. The van der Waals surface area contributed by atoms with Gasteiger partial charge in [-0.1, -0.05) is 24.3 Å². The van der Waals surface area contributed by atoms with Crippen LogP contribution >= 0.6 is 0 Å². The van der Waals surface area contributed by atoms with Crippen LogP contribution in [0.15, 0.2) is 66.7 Å². The minimum absolute atomic E-state index is 0.0982. The molecule has 0 fully saturated rings. The summed E-state index contributed by atoms with van der Waals surface area (Å²) in [5.41, 5.74) is 8.52. The zero-order chi connectivity index (χ0) is 26.5. The molecule has 0 unspecified atom stereocenters. The molecule has 1 heterocycles. The summed E-state index contributed by atoms with van der Waals surface area (Å²) in [5, 5.41) is 16.5. The van der Waals surface area contributed by atoms with Crippen LogP contribution in [-0.4, -0.2) is 45.0 Å². The Morgan fingerprint density at radius 2 is 1.67 bits per heavy atom. The molecule has 1 aromatic heterocycles. The summed E-state index contributed by atoms with van der Waals surface area (Å²) in [6.45, 7) is 0.362. The van der Waals surface area contributed by atoms with Gasteiger partial charge >= 0.3 is 18.1 Å². The summed E-state index contributed by atoms with van der Waals surface area (Å²) in [4.78, 5) is 24.8. The Bertz CT molecular complexity index is 1390. The number of methoxy groups -OCH3 is 1. The number of aromatic carboxylic acids is 1. The fourth-order valence-electron chi connectivity index (χ4n) is 3.18. The van der Waals surface area contributed by atoms with Crippen LogP contribution in [0, 0.1) is 0 Å². The number of imidazole rings is 1. The fourth-order valence-corrected chi connectivity index (χ4v) is 3.18. The number of aliphatic carboxylic acids is 1. The van der Waals surface area contributed by atoms with Crippen molar-refractivity contribution in [2.45, 2.75) is 12.7 Å². The Morgan fingerprint density at radius 1 is 1.00 bits per heavy atom. The van der Waals surface area contributed by atoms with Gasteiger partial charge in [-0.3, -0.25) is 0 Å². The number of carbonyl (C=O) groups is 2. The molecule has 0 bridgehead atoms. The monoisotopic (exact) mass is 503 g/mol. The first-order valence-electron chi connectivity index (χ1n) is 10.2. The number of para-hydroxylation sites is 1. The topological polar surface area (TPSA) is 137 Å². The van der Waals surface area contributed by atoms with E-state index in [1.54, 1.807) is 18.2 Å². The molecular formula is C24H20F3N3O6. The third-order valence-corrected chi connectivity index (χ3v) is 4.81. The number of ether oxygens (including phenoxy) is 2. The SMILES string of the molecule is COc1ccc(Cn2c(N)nc3ccc(Oc4ccccc4)cc32)cc1C(=O)O.O=C(O)C(F)(F)F. The molecule has 4 aromatic rings. The maximum atomic E-state index is 11.5. The average Bonchev–Trinajstić information content (AvgIpc) is 3.13. The smallest absolute Gasteiger partial charge is 0.490 e. The normalized spacial score (nSPS) is 10.9. The van der Waals surface area contributed by atoms with Crippen LogP contribution < -0.4 is 15.2 Å². The Labute approximate surface area is 202 Å². The first-order valence-corrected chi connectivity index (χ1v) is 10.2. The van der Waals surface area contributed by atoms with Crippen molar-refractivity contribution in [3.05, 3.63) is 77.9 Å². The number of rotatable bonds is 6. The number of fused-ring (bicyclic) bond motifs is 1. The lowest BCUT2D eigenvalue weighted by atomic mass is 10.1. The van der Waals surface area contributed by atoms with Crippen LogP contribution in [0.5, 0.6) is 17.2 Å². The molecule has 4 rings (SSSR count). The number of anilines is 1. The highest BCUT2D eigenvalue weighted by atomic mass is 19.4. The minimum atomic E-state index is -5.08. The number of hydrogen-bond donors (Lipinski definition) is 3. The molecular weight excluding hydrogens is 483 g/mol. The van der Waals surface area contributed by atoms with E-state index in [-0.39, 0.29) is 5.56 Å². The summed E-state index contributed by atoms with van der Waals surface area (Å²) in [6.07, 6.45) is -5.08. The van der Waals surface area contributed by atoms with E-state index in [1.165, 1.54) is 7.11 Å². The molecule has 0 aliphatic heterocycles. The molecule has 0 spiro atoms. The highest BCUT2D eigenvalue weighted by Crippen LogP contribution is 2.28. The van der Waals surface area contributed by atoms with Crippen LogP contribution in [0.2, 0.25) is 0 Å². The zero-order valence-corrected chi connectivity index (χ0v) is 18.7. The maximum absolute atomic E-state index is 11.5. The van der Waals surface area contributed by atoms with Crippen LogP contribution in [0.25, 0.3) is 11.0 Å². The molecule has 0 amide bonds. The van der Waals surface area contributed by atoms with Gasteiger partial charge in [0, 0.05) is 6.07 Å². The number of alkyl halides is 3. The first-order chi connectivity index (χ1) is 17.0. The van der Waals surface area contributed by atoms with Crippen LogP contribution in [0.3, 0.4) is 0 Å². The van der Waals surface area contributed by atoms with E-state index in [1.807, 2.05) is 53.1 Å². The molecule has 36 heavy (non-hydrogen) atoms. The maximum Gasteiger partial charge on any atom is 0.490 e. The largest absolute Gasteiger partial charge is 0.496 e. The third-order valence-electron chi connectivity index (χ3n) is 4.81. The fraction of sp³-hybridized carbons (Fsp3) is 0.125. The molecule has 4 N–H and O–H groups in total. The quantitative estimate of drug-likeness (QED) is 0.341. The van der Waals surface area contributed by atoms with E-state index in [0.717, 1.165) is 22.3 Å². The minimum Gasteiger partial charge on any atom is -0.496 e. The molecule has 12 heteroatoms. The molecule has 188 valence electrons. The molecule has 9 nitrogen and oxygen atoms in total. The lowest BCUT2D eigenvalue weighted by Crippen LogP contribution is -2.21. The van der Waals surface area contributed by atoms with Gasteiger partial charge in [-0.25, -0.2) is 14.6 Å². The van der Waals surface area contributed by atoms with Gasteiger partial charge in [0.1, 0.15) is 22.8 Å². The van der Waals surface area contributed by atoms with Crippen molar-refractivity contribution in [1.29, 1.82) is 0 Å². The van der Waals surface area contributed by atoms with E-state index < -0.39 is 18.1 Å². The van der Waals surface area contributed by atoms with Crippen molar-refractivity contribution in [1.82, 2.24) is 9.55 Å². The number of benzene rings is 3. The predicted octanol–water partition coefficient (Wildman–Crippen LogP) is 4.80. The van der Waals surface area contributed by atoms with Gasteiger partial charge in [-0.05, 0) is 42.0 Å². The summed E-state index contributed by atoms with van der Waals surface area (Å²) in [7, 11) is 1.44. The van der Waals surface area contributed by atoms with Crippen molar-refractivity contribution in [2.75, 3.05) is 12.8 Å². The highest BCUT2D eigenvalue weighted by molar-refractivity contribution is 5.91. The summed E-state index contributed by atoms with van der Waals surface area (Å²) >= 11 is 0. The van der Waals surface area contributed by atoms with Crippen molar-refractivity contribution >= 4 is 28.9 Å². The Balaban J connectivity index is 0.000000454. The van der Waals surface area contributed by atoms with Crippen molar-refractivity contribution in [3.8, 4) is 17.2 Å². The van der Waals surface area contributed by atoms with Gasteiger partial charge in [-0.2, -0.15) is 13.2 Å². The van der Waals surface area contributed by atoms with E-state index in [2.05, 4.69) is 4.98 Å². The molecule has 0 aliphatic rings. The number of nitrogen functional groups attached to an aromatic ring is 1. The summed E-state index contributed by atoms with van der Waals surface area (Å²) in [6, 6.07) is 20.1. The van der Waals surface area contributed by atoms with E-state index in [4.69, 9.17) is 25.1 Å². The lowest BCUT2D eigenvalue weighted by Gasteiger charge is -2.11. The molecule has 3 aromatic carbocycles. The van der Waals surface area contributed by atoms with Crippen molar-refractivity contribution in [2.24, 2.45) is 0 Å². The van der Waals surface area contributed by atoms with E-state index >= 15 is 0 Å². The van der Waals surface area contributed by atoms with E-state index in [0.29, 0.717) is 24.0 Å². The lowest BCUT2D eigenvalue weighted by molar-refractivity contribution is -0.192. The molecule has 0 saturated heterocycles. The molecule has 0 aliphatic carbocycles. The number of aromatic nitrogens is 2. The highest BCUT2D eigenvalue weighted by Gasteiger charge is 2.38. The Kier molecular flexibility index (Phi) is 7.67. The molecule has 0 saturated carbocycles. The second-order valence-corrected chi connectivity index (χ2v) is 7.26. The van der Waals surface area contributed by atoms with Crippen LogP contribution in [0.4, 0.5) is 19.1 Å². The van der Waals surface area contributed by atoms with Gasteiger partial charge in [0.05, 0.1) is 24.7 Å². The van der Waals surface area contributed by atoms with Gasteiger partial charge in [0.2, 0.25) is 5.95 Å². The number of halogens is 3. The standard InChI is InChI=1S/C22H19N3O4.C2HF3O2/c1-28-20-10-7-14(11-17(20)21(26)27)13-25-19-12-16(8-9-18(19)24-22(25)23)29-15-5-3-2-4-6-15;3-2(4,5)1(6)7/h2-12H,13H2,1H3,(H2,23,24)(H,26,27);(H,6,7). The predicted molar refractivity (Wildman–Crippen MR) is 123 cm³/mol. The van der Waals surface area contributed by atoms with E-state index in [9.17, 15) is 23.1 Å². The van der Waals surface area contributed by atoms with Gasteiger partial charge in [0.25, 0.3) is 0 Å². The summed E-state index contributed by atoms with van der Waals surface area (Å²) < 4.78 is 44.6. The van der Waals surface area contributed by atoms with Crippen LogP contribution in [-0.2, 0) is 11.3 Å². The number of carboxylic acids is 2. The number of nitrogens with zero attached hydrogens (tertiary/aromatic N) is 2. The molecule has 0 radical (unpaired) electrons. The van der Waals surface area contributed by atoms with Gasteiger partial charge in [-0.15, -0.1) is 0 Å². The number of nitrogens with two attached hydrogens (primary N) is 1. The second-order valence-electron chi connectivity index (χ2n) is 7.26.